The summed E-state index contributed by atoms with van der Waals surface area (Å²) in [5, 5.41) is 6.69. The van der Waals surface area contributed by atoms with E-state index in [0.29, 0.717) is 18.8 Å². The van der Waals surface area contributed by atoms with Crippen molar-refractivity contribution in [2.45, 2.75) is 25.0 Å². The second-order valence-electron chi connectivity index (χ2n) is 5.68. The monoisotopic (exact) mass is 330 g/mol. The van der Waals surface area contributed by atoms with E-state index in [4.69, 9.17) is 4.74 Å². The highest BCUT2D eigenvalue weighted by molar-refractivity contribution is 5.79. The first-order chi connectivity index (χ1) is 11.7. The van der Waals surface area contributed by atoms with Gasteiger partial charge in [0, 0.05) is 26.5 Å². The molecule has 2 aromatic rings. The number of hydrogen-bond acceptors (Lipinski definition) is 4. The molecule has 0 unspecified atom stereocenters. The molecule has 0 bridgehead atoms. The molecule has 1 saturated heterocycles. The van der Waals surface area contributed by atoms with Crippen molar-refractivity contribution in [3.05, 3.63) is 53.9 Å². The molecule has 1 amide bonds. The Kier molecular flexibility index (Phi) is 5.00. The molecule has 6 nitrogen and oxygen atoms in total. The number of rotatable bonds is 5. The largest absolute Gasteiger partial charge is 0.380 e. The summed E-state index contributed by atoms with van der Waals surface area (Å²) < 4.78 is 18.3. The summed E-state index contributed by atoms with van der Waals surface area (Å²) in [6.07, 6.45) is 5.98. The third-order valence-electron chi connectivity index (χ3n) is 4.14. The Hall–Kier alpha value is -2.54. The Morgan fingerprint density at radius 2 is 2.25 bits per heavy atom. The van der Waals surface area contributed by atoms with Gasteiger partial charge < -0.3 is 9.64 Å². The molecule has 2 atom stereocenters. The molecule has 0 spiro atoms. The molecular weight excluding hydrogens is 311 g/mol. The third kappa shape index (κ3) is 3.68. The van der Waals surface area contributed by atoms with Crippen LogP contribution in [0, 0.1) is 5.82 Å². The fourth-order valence-corrected chi connectivity index (χ4v) is 2.87. The lowest BCUT2D eigenvalue weighted by Crippen LogP contribution is -2.31. The average Bonchev–Trinajstić information content (AvgIpc) is 3.25. The number of carbonyl (C=O) groups excluding carboxylic acids is 1. The van der Waals surface area contributed by atoms with E-state index in [-0.39, 0.29) is 30.3 Å². The minimum absolute atomic E-state index is 0.00527. The van der Waals surface area contributed by atoms with Crippen LogP contribution in [0.4, 0.5) is 4.39 Å². The van der Waals surface area contributed by atoms with Gasteiger partial charge in [-0.05, 0) is 17.7 Å². The standard InChI is InChI=1S/C17H19FN4O2/c1-24-14-9-15(17-19-11-20-21-17)22(10-14)16(23)4-2-3-12-5-7-13(18)8-6-12/h2-3,5-8,11,14-15H,4,9-10H2,1H3,(H,19,20,21)/b3-2+/t14-,15+/m1/s1. The van der Waals surface area contributed by atoms with E-state index in [9.17, 15) is 9.18 Å². The molecule has 1 fully saturated rings. The average molecular weight is 330 g/mol. The molecule has 1 aromatic carbocycles. The minimum atomic E-state index is -0.277. The van der Waals surface area contributed by atoms with Gasteiger partial charge in [0.25, 0.3) is 0 Å². The van der Waals surface area contributed by atoms with Crippen LogP contribution < -0.4 is 0 Å². The third-order valence-corrected chi connectivity index (χ3v) is 4.14. The Morgan fingerprint density at radius 1 is 1.46 bits per heavy atom. The lowest BCUT2D eigenvalue weighted by Gasteiger charge is -2.22. The van der Waals surface area contributed by atoms with Crippen molar-refractivity contribution < 1.29 is 13.9 Å². The summed E-state index contributed by atoms with van der Waals surface area (Å²) >= 11 is 0. The number of H-pyrrole nitrogens is 1. The maximum absolute atomic E-state index is 12.9. The van der Waals surface area contributed by atoms with Gasteiger partial charge in [-0.15, -0.1) is 0 Å². The number of amides is 1. The minimum Gasteiger partial charge on any atom is -0.380 e. The zero-order valence-electron chi connectivity index (χ0n) is 13.4. The molecular formula is C17H19FN4O2. The fourth-order valence-electron chi connectivity index (χ4n) is 2.87. The summed E-state index contributed by atoms with van der Waals surface area (Å²) in [7, 11) is 1.64. The number of aromatic amines is 1. The van der Waals surface area contributed by atoms with Gasteiger partial charge in [0.15, 0.2) is 0 Å². The smallest absolute Gasteiger partial charge is 0.227 e. The summed E-state index contributed by atoms with van der Waals surface area (Å²) in [6.45, 7) is 0.533. The molecule has 1 N–H and O–H groups in total. The van der Waals surface area contributed by atoms with Crippen LogP contribution in [0.3, 0.4) is 0 Å². The molecule has 7 heteroatoms. The molecule has 1 aliphatic rings. The van der Waals surface area contributed by atoms with Crippen LogP contribution in [0.1, 0.15) is 30.3 Å². The SMILES string of the molecule is CO[C@@H]1C[C@@H](c2ncn[nH]2)N(C(=O)C/C=C/c2ccc(F)cc2)C1. The van der Waals surface area contributed by atoms with E-state index in [1.165, 1.54) is 18.5 Å². The molecule has 3 rings (SSSR count). The fraction of sp³-hybridized carbons (Fsp3) is 0.353. The molecule has 126 valence electrons. The molecule has 2 heterocycles. The number of nitrogens with one attached hydrogen (secondary N) is 1. The van der Waals surface area contributed by atoms with E-state index in [2.05, 4.69) is 15.2 Å². The van der Waals surface area contributed by atoms with E-state index < -0.39 is 0 Å². The molecule has 0 radical (unpaired) electrons. The number of aromatic nitrogens is 3. The van der Waals surface area contributed by atoms with Gasteiger partial charge in [-0.2, -0.15) is 5.10 Å². The van der Waals surface area contributed by atoms with Gasteiger partial charge in [0.2, 0.25) is 5.91 Å². The number of hydrogen-bond donors (Lipinski definition) is 1. The summed E-state index contributed by atoms with van der Waals surface area (Å²) in [5.41, 5.74) is 0.854. The topological polar surface area (TPSA) is 71.1 Å². The van der Waals surface area contributed by atoms with Crippen LogP contribution in [0.5, 0.6) is 0 Å². The van der Waals surface area contributed by atoms with Crippen molar-refractivity contribution in [3.63, 3.8) is 0 Å². The van der Waals surface area contributed by atoms with Gasteiger partial charge in [-0.1, -0.05) is 24.3 Å². The summed E-state index contributed by atoms with van der Waals surface area (Å²) in [4.78, 5) is 18.5. The van der Waals surface area contributed by atoms with Crippen molar-refractivity contribution in [3.8, 4) is 0 Å². The van der Waals surface area contributed by atoms with Crippen LogP contribution >= 0.6 is 0 Å². The van der Waals surface area contributed by atoms with E-state index >= 15 is 0 Å². The number of likely N-dealkylation sites (tertiary alicyclic amines) is 1. The molecule has 24 heavy (non-hydrogen) atoms. The van der Waals surface area contributed by atoms with Gasteiger partial charge in [0.05, 0.1) is 12.1 Å². The lowest BCUT2D eigenvalue weighted by molar-refractivity contribution is -0.131. The van der Waals surface area contributed by atoms with Crippen LogP contribution in [0.2, 0.25) is 0 Å². The molecule has 0 saturated carbocycles. The number of nitrogens with zero attached hydrogens (tertiary/aromatic N) is 3. The first kappa shape index (κ1) is 16.3. The summed E-state index contributed by atoms with van der Waals surface area (Å²) in [5.74, 6) is 0.389. The molecule has 0 aliphatic carbocycles. The first-order valence-electron chi connectivity index (χ1n) is 7.77. The van der Waals surface area contributed by atoms with Gasteiger partial charge in [-0.25, -0.2) is 9.37 Å². The second-order valence-corrected chi connectivity index (χ2v) is 5.68. The van der Waals surface area contributed by atoms with E-state index in [1.54, 1.807) is 30.2 Å². The second kappa shape index (κ2) is 7.35. The highest BCUT2D eigenvalue weighted by atomic mass is 19.1. The Morgan fingerprint density at radius 3 is 2.92 bits per heavy atom. The van der Waals surface area contributed by atoms with Crippen LogP contribution in [-0.4, -0.2) is 45.7 Å². The van der Waals surface area contributed by atoms with E-state index in [1.807, 2.05) is 6.08 Å². The molecule has 1 aliphatic heterocycles. The van der Waals surface area contributed by atoms with Crippen molar-refractivity contribution in [1.29, 1.82) is 0 Å². The normalized spacial score (nSPS) is 20.8. The first-order valence-corrected chi connectivity index (χ1v) is 7.77. The lowest BCUT2D eigenvalue weighted by atomic mass is 10.1. The van der Waals surface area contributed by atoms with Gasteiger partial charge in [0.1, 0.15) is 18.0 Å². The Bertz CT molecular complexity index is 700. The van der Waals surface area contributed by atoms with Crippen molar-refractivity contribution in [2.24, 2.45) is 0 Å². The maximum atomic E-state index is 12.9. The zero-order valence-corrected chi connectivity index (χ0v) is 13.4. The number of ether oxygens (including phenoxy) is 1. The van der Waals surface area contributed by atoms with Crippen LogP contribution in [0.25, 0.3) is 6.08 Å². The van der Waals surface area contributed by atoms with Crippen molar-refractivity contribution in [1.82, 2.24) is 20.1 Å². The quantitative estimate of drug-likeness (QED) is 0.913. The molecule has 1 aromatic heterocycles. The number of halogens is 1. The zero-order chi connectivity index (χ0) is 16.9. The number of benzene rings is 1. The number of methoxy groups -OCH3 is 1. The van der Waals surface area contributed by atoms with Crippen LogP contribution in [-0.2, 0) is 9.53 Å². The highest BCUT2D eigenvalue weighted by Gasteiger charge is 2.37. The predicted molar refractivity (Wildman–Crippen MR) is 86.3 cm³/mol. The van der Waals surface area contributed by atoms with Crippen molar-refractivity contribution >= 4 is 12.0 Å². The summed E-state index contributed by atoms with van der Waals surface area (Å²) in [6, 6.07) is 5.98. The van der Waals surface area contributed by atoms with Crippen molar-refractivity contribution in [2.75, 3.05) is 13.7 Å². The highest BCUT2D eigenvalue weighted by Crippen LogP contribution is 2.31. The van der Waals surface area contributed by atoms with Gasteiger partial charge >= 0.3 is 0 Å². The van der Waals surface area contributed by atoms with Gasteiger partial charge in [-0.3, -0.25) is 9.89 Å². The predicted octanol–water partition coefficient (Wildman–Crippen LogP) is 2.34. The van der Waals surface area contributed by atoms with E-state index in [0.717, 1.165) is 5.56 Å². The number of carbonyl (C=O) groups is 1. The Balaban J connectivity index is 1.65. The van der Waals surface area contributed by atoms with Crippen LogP contribution in [0.15, 0.2) is 36.7 Å². The Labute approximate surface area is 139 Å². The maximum Gasteiger partial charge on any atom is 0.227 e.